The lowest BCUT2D eigenvalue weighted by molar-refractivity contribution is 0.0766. The SMILES string of the molecule is Cc1n[nH]c(C)c1S(=O)(=O)N1CCCN(C(=O)c2c[nH]c3ccccc23)CC1. The fourth-order valence-electron chi connectivity index (χ4n) is 3.81. The third kappa shape index (κ3) is 3.10. The van der Waals surface area contributed by atoms with Crippen LogP contribution in [0.3, 0.4) is 0 Å². The van der Waals surface area contributed by atoms with Crippen molar-refractivity contribution >= 4 is 26.8 Å². The maximum absolute atomic E-state index is 13.1. The van der Waals surface area contributed by atoms with Crippen molar-refractivity contribution < 1.29 is 13.2 Å². The summed E-state index contributed by atoms with van der Waals surface area (Å²) < 4.78 is 27.6. The van der Waals surface area contributed by atoms with Gasteiger partial charge >= 0.3 is 0 Å². The number of carbonyl (C=O) groups excluding carboxylic acids is 1. The molecule has 148 valence electrons. The quantitative estimate of drug-likeness (QED) is 0.701. The molecule has 3 heterocycles. The molecule has 1 aliphatic heterocycles. The fourth-order valence-corrected chi connectivity index (χ4v) is 5.61. The maximum Gasteiger partial charge on any atom is 0.256 e. The van der Waals surface area contributed by atoms with Gasteiger partial charge in [-0.2, -0.15) is 9.40 Å². The van der Waals surface area contributed by atoms with E-state index >= 15 is 0 Å². The van der Waals surface area contributed by atoms with E-state index in [2.05, 4.69) is 15.2 Å². The first-order valence-electron chi connectivity index (χ1n) is 9.26. The number of aromatic nitrogens is 3. The molecule has 0 bridgehead atoms. The molecule has 1 saturated heterocycles. The number of hydrogen-bond donors (Lipinski definition) is 2. The molecule has 1 amide bonds. The van der Waals surface area contributed by atoms with Gasteiger partial charge in [0.1, 0.15) is 4.90 Å². The van der Waals surface area contributed by atoms with Crippen LogP contribution < -0.4 is 0 Å². The summed E-state index contributed by atoms with van der Waals surface area (Å²) in [6, 6.07) is 7.66. The van der Waals surface area contributed by atoms with Crippen molar-refractivity contribution in [2.75, 3.05) is 26.2 Å². The Hall–Kier alpha value is -2.65. The molecule has 0 unspecified atom stereocenters. The molecule has 0 aliphatic carbocycles. The molecular formula is C19H23N5O3S. The second-order valence-electron chi connectivity index (χ2n) is 7.06. The molecule has 0 atom stereocenters. The second-order valence-corrected chi connectivity index (χ2v) is 8.94. The van der Waals surface area contributed by atoms with Crippen LogP contribution in [0.1, 0.15) is 28.2 Å². The highest BCUT2D eigenvalue weighted by Gasteiger charge is 2.32. The van der Waals surface area contributed by atoms with Crippen molar-refractivity contribution in [1.29, 1.82) is 0 Å². The summed E-state index contributed by atoms with van der Waals surface area (Å²) in [7, 11) is -3.65. The van der Waals surface area contributed by atoms with Gasteiger partial charge in [-0.1, -0.05) is 18.2 Å². The smallest absolute Gasteiger partial charge is 0.256 e. The lowest BCUT2D eigenvalue weighted by Gasteiger charge is -2.22. The van der Waals surface area contributed by atoms with Crippen LogP contribution in [-0.4, -0.2) is 64.9 Å². The molecule has 28 heavy (non-hydrogen) atoms. The zero-order valence-electron chi connectivity index (χ0n) is 15.9. The number of rotatable bonds is 3. The molecule has 2 N–H and O–H groups in total. The number of nitrogens with zero attached hydrogens (tertiary/aromatic N) is 3. The first kappa shape index (κ1) is 18.7. The van der Waals surface area contributed by atoms with Gasteiger partial charge in [-0.3, -0.25) is 9.89 Å². The van der Waals surface area contributed by atoms with E-state index < -0.39 is 10.0 Å². The summed E-state index contributed by atoms with van der Waals surface area (Å²) in [5.74, 6) is -0.0765. The van der Waals surface area contributed by atoms with Gasteiger partial charge in [0.25, 0.3) is 5.91 Å². The van der Waals surface area contributed by atoms with Gasteiger partial charge in [-0.05, 0) is 26.3 Å². The molecule has 0 spiro atoms. The number of amides is 1. The number of nitrogens with one attached hydrogen (secondary N) is 2. The molecule has 1 aromatic carbocycles. The summed E-state index contributed by atoms with van der Waals surface area (Å²) in [6.45, 7) is 4.91. The zero-order chi connectivity index (χ0) is 19.9. The predicted molar refractivity (Wildman–Crippen MR) is 106 cm³/mol. The van der Waals surface area contributed by atoms with Crippen LogP contribution in [-0.2, 0) is 10.0 Å². The third-order valence-electron chi connectivity index (χ3n) is 5.22. The first-order chi connectivity index (χ1) is 13.4. The van der Waals surface area contributed by atoms with Gasteiger partial charge in [-0.25, -0.2) is 8.42 Å². The van der Waals surface area contributed by atoms with E-state index in [-0.39, 0.29) is 17.3 Å². The molecule has 0 radical (unpaired) electrons. The molecule has 1 fully saturated rings. The fraction of sp³-hybridized carbons (Fsp3) is 0.368. The van der Waals surface area contributed by atoms with Gasteiger partial charge in [0.15, 0.2) is 0 Å². The number of sulfonamides is 1. The lowest BCUT2D eigenvalue weighted by Crippen LogP contribution is -2.37. The molecule has 3 aromatic rings. The van der Waals surface area contributed by atoms with Crippen molar-refractivity contribution in [2.24, 2.45) is 0 Å². The Kier molecular flexibility index (Phi) is 4.72. The highest BCUT2D eigenvalue weighted by atomic mass is 32.2. The van der Waals surface area contributed by atoms with Crippen LogP contribution >= 0.6 is 0 Å². The van der Waals surface area contributed by atoms with Gasteiger partial charge in [-0.15, -0.1) is 0 Å². The number of benzene rings is 1. The summed E-state index contributed by atoms with van der Waals surface area (Å²) in [5.41, 5.74) is 2.53. The minimum atomic E-state index is -3.65. The number of H-pyrrole nitrogens is 2. The van der Waals surface area contributed by atoms with Crippen LogP contribution in [0.5, 0.6) is 0 Å². The van der Waals surface area contributed by atoms with E-state index in [1.54, 1.807) is 24.9 Å². The van der Waals surface area contributed by atoms with E-state index in [1.807, 2.05) is 24.3 Å². The Morgan fingerprint density at radius 3 is 2.64 bits per heavy atom. The van der Waals surface area contributed by atoms with Gasteiger partial charge in [0, 0.05) is 43.3 Å². The predicted octanol–water partition coefficient (Wildman–Crippen LogP) is 2.04. The minimum absolute atomic E-state index is 0.0765. The highest BCUT2D eigenvalue weighted by molar-refractivity contribution is 7.89. The van der Waals surface area contributed by atoms with E-state index in [0.717, 1.165) is 10.9 Å². The van der Waals surface area contributed by atoms with Gasteiger partial charge in [0.05, 0.1) is 17.0 Å². The number of aryl methyl sites for hydroxylation is 2. The Morgan fingerprint density at radius 1 is 1.11 bits per heavy atom. The molecule has 1 aliphatic rings. The monoisotopic (exact) mass is 401 g/mol. The summed E-state index contributed by atoms with van der Waals surface area (Å²) in [4.78, 5) is 18.1. The van der Waals surface area contributed by atoms with E-state index in [0.29, 0.717) is 43.0 Å². The maximum atomic E-state index is 13.1. The van der Waals surface area contributed by atoms with Gasteiger partial charge < -0.3 is 9.88 Å². The van der Waals surface area contributed by atoms with E-state index in [9.17, 15) is 13.2 Å². The van der Waals surface area contributed by atoms with Crippen LogP contribution in [0.2, 0.25) is 0 Å². The number of hydrogen-bond acceptors (Lipinski definition) is 4. The number of carbonyl (C=O) groups is 1. The average Bonchev–Trinajstić information content (AvgIpc) is 3.14. The molecule has 8 nitrogen and oxygen atoms in total. The van der Waals surface area contributed by atoms with E-state index in [4.69, 9.17) is 0 Å². The van der Waals surface area contributed by atoms with Gasteiger partial charge in [0.2, 0.25) is 10.0 Å². The molecule has 9 heteroatoms. The molecule has 4 rings (SSSR count). The largest absolute Gasteiger partial charge is 0.360 e. The third-order valence-corrected chi connectivity index (χ3v) is 7.38. The Labute approximate surface area is 163 Å². The first-order valence-corrected chi connectivity index (χ1v) is 10.7. The Bertz CT molecular complexity index is 1110. The van der Waals surface area contributed by atoms with Crippen molar-refractivity contribution in [1.82, 2.24) is 24.4 Å². The summed E-state index contributed by atoms with van der Waals surface area (Å²) in [5, 5.41) is 7.62. The second kappa shape index (κ2) is 7.06. The van der Waals surface area contributed by atoms with Crippen molar-refractivity contribution in [3.05, 3.63) is 47.4 Å². The Morgan fingerprint density at radius 2 is 1.89 bits per heavy atom. The van der Waals surface area contributed by atoms with Crippen molar-refractivity contribution in [2.45, 2.75) is 25.2 Å². The normalized spacial score (nSPS) is 16.4. The standard InChI is InChI=1S/C19H23N5O3S/c1-13-18(14(2)22-21-13)28(26,27)24-9-5-8-23(10-11-24)19(25)16-12-20-17-7-4-3-6-15(16)17/h3-4,6-7,12,20H,5,8-11H2,1-2H3,(H,21,22). The highest BCUT2D eigenvalue weighted by Crippen LogP contribution is 2.24. The average molecular weight is 401 g/mol. The number of fused-ring (bicyclic) bond motifs is 1. The summed E-state index contributed by atoms with van der Waals surface area (Å²) in [6.07, 6.45) is 2.31. The number of aromatic amines is 2. The lowest BCUT2D eigenvalue weighted by atomic mass is 10.1. The topological polar surface area (TPSA) is 102 Å². The van der Waals surface area contributed by atoms with Crippen molar-refractivity contribution in [3.63, 3.8) is 0 Å². The van der Waals surface area contributed by atoms with Crippen molar-refractivity contribution in [3.8, 4) is 0 Å². The van der Waals surface area contributed by atoms with Crippen LogP contribution in [0, 0.1) is 13.8 Å². The summed E-state index contributed by atoms with van der Waals surface area (Å²) >= 11 is 0. The molecular weight excluding hydrogens is 378 g/mol. The van der Waals surface area contributed by atoms with Crippen LogP contribution in [0.25, 0.3) is 10.9 Å². The number of para-hydroxylation sites is 1. The Balaban J connectivity index is 1.55. The zero-order valence-corrected chi connectivity index (χ0v) is 16.7. The minimum Gasteiger partial charge on any atom is -0.360 e. The molecule has 2 aromatic heterocycles. The van der Waals surface area contributed by atoms with E-state index in [1.165, 1.54) is 4.31 Å². The molecule has 0 saturated carbocycles. The van der Waals surface area contributed by atoms with Crippen LogP contribution in [0.15, 0.2) is 35.4 Å². The van der Waals surface area contributed by atoms with Crippen LogP contribution in [0.4, 0.5) is 0 Å².